The molecule has 46 heavy (non-hydrogen) atoms. The van der Waals surface area contributed by atoms with E-state index in [0.29, 0.717) is 6.42 Å². The first-order chi connectivity index (χ1) is 21.7. The maximum atomic E-state index is 13.8. The summed E-state index contributed by atoms with van der Waals surface area (Å²) in [6.45, 7) is 8.28. The molecule has 0 radical (unpaired) electrons. The number of rotatable bonds is 19. The quantitative estimate of drug-likeness (QED) is 0.152. The van der Waals surface area contributed by atoms with E-state index in [0.717, 1.165) is 5.56 Å². The van der Waals surface area contributed by atoms with Gasteiger partial charge in [-0.15, -0.1) is 0 Å². The Kier molecular flexibility index (Phi) is 15.7. The molecule has 1 aliphatic rings. The van der Waals surface area contributed by atoms with Crippen molar-refractivity contribution in [3.05, 3.63) is 35.9 Å². The van der Waals surface area contributed by atoms with Gasteiger partial charge in [0.25, 0.3) is 0 Å². The number of likely N-dealkylation sites (tertiary alicyclic amines) is 1. The van der Waals surface area contributed by atoms with E-state index in [1.165, 1.54) is 4.90 Å². The van der Waals surface area contributed by atoms with Crippen LogP contribution < -0.4 is 16.0 Å². The summed E-state index contributed by atoms with van der Waals surface area (Å²) in [6.07, 6.45) is -3.30. The van der Waals surface area contributed by atoms with Gasteiger partial charge in [0.1, 0.15) is 24.2 Å². The third-order valence-corrected chi connectivity index (χ3v) is 8.35. The lowest BCUT2D eigenvalue weighted by atomic mass is 9.93. The van der Waals surface area contributed by atoms with E-state index in [2.05, 4.69) is 16.0 Å². The third kappa shape index (κ3) is 11.4. The number of alkyl halides is 2. The van der Waals surface area contributed by atoms with E-state index in [1.807, 2.05) is 13.0 Å². The number of aliphatic carboxylic acids is 1. The lowest BCUT2D eigenvalue weighted by molar-refractivity contribution is -0.145. The first-order valence-corrected chi connectivity index (χ1v) is 16.1. The first-order valence-electron chi connectivity index (χ1n) is 16.1. The largest absolute Gasteiger partial charge is 0.480 e. The molecule has 1 saturated heterocycles. The minimum atomic E-state index is -2.60. The number of nitrogens with zero attached hydrogens (tertiary/aromatic N) is 1. The fraction of sp³-hybridized carbons (Fsp3) is 0.667. The Morgan fingerprint density at radius 1 is 0.957 bits per heavy atom. The Morgan fingerprint density at radius 2 is 1.61 bits per heavy atom. The van der Waals surface area contributed by atoms with Crippen molar-refractivity contribution in [2.75, 3.05) is 13.1 Å². The fourth-order valence-electron chi connectivity index (χ4n) is 5.64. The molecule has 1 fully saturated rings. The number of amides is 3. The van der Waals surface area contributed by atoms with Gasteiger partial charge >= 0.3 is 5.97 Å². The molecule has 6 atom stereocenters. The zero-order chi connectivity index (χ0) is 34.6. The predicted octanol–water partition coefficient (Wildman–Crippen LogP) is 2.55. The van der Waals surface area contributed by atoms with Crippen molar-refractivity contribution in [1.29, 1.82) is 0 Å². The average Bonchev–Trinajstić information content (AvgIpc) is 3.44. The minimum absolute atomic E-state index is 0.0297. The van der Waals surface area contributed by atoms with Crippen LogP contribution in [0.15, 0.2) is 30.3 Å². The number of aliphatic hydroxyl groups excluding tert-OH is 1. The van der Waals surface area contributed by atoms with Crippen LogP contribution in [0.3, 0.4) is 0 Å². The number of carbonyl (C=O) groups excluding carboxylic acids is 4. The van der Waals surface area contributed by atoms with Gasteiger partial charge in [0.2, 0.25) is 24.1 Å². The van der Waals surface area contributed by atoms with Crippen molar-refractivity contribution in [1.82, 2.24) is 20.9 Å². The Morgan fingerprint density at radius 3 is 2.15 bits per heavy atom. The lowest BCUT2D eigenvalue weighted by Crippen LogP contribution is -2.59. The molecule has 1 heterocycles. The summed E-state index contributed by atoms with van der Waals surface area (Å²) in [5, 5.41) is 28.0. The molecular weight excluding hydrogens is 602 g/mol. The zero-order valence-electron chi connectivity index (χ0n) is 27.4. The van der Waals surface area contributed by atoms with Gasteiger partial charge in [-0.2, -0.15) is 0 Å². The molecule has 1 aromatic rings. The normalized spacial score (nSPS) is 19.2. The van der Waals surface area contributed by atoms with Gasteiger partial charge in [-0.3, -0.25) is 29.3 Å². The molecule has 0 bridgehead atoms. The van der Waals surface area contributed by atoms with Crippen LogP contribution in [-0.4, -0.2) is 94.4 Å². The monoisotopic (exact) mass is 652 g/mol. The summed E-state index contributed by atoms with van der Waals surface area (Å²) in [5.41, 5.74) is 0.767. The number of benzene rings is 1. The van der Waals surface area contributed by atoms with Crippen LogP contribution in [0.5, 0.6) is 0 Å². The van der Waals surface area contributed by atoms with Crippen LogP contribution in [0.25, 0.3) is 0 Å². The topological polar surface area (TPSA) is 165 Å². The summed E-state index contributed by atoms with van der Waals surface area (Å²) >= 11 is 0. The molecule has 1 aliphatic heterocycles. The van der Waals surface area contributed by atoms with Gasteiger partial charge in [0.15, 0.2) is 5.78 Å². The van der Waals surface area contributed by atoms with Gasteiger partial charge in [0, 0.05) is 13.0 Å². The van der Waals surface area contributed by atoms with Gasteiger partial charge in [-0.05, 0) is 49.0 Å². The second-order valence-corrected chi connectivity index (χ2v) is 12.7. The van der Waals surface area contributed by atoms with Crippen LogP contribution >= 0.6 is 0 Å². The van der Waals surface area contributed by atoms with Crippen LogP contribution in [0.1, 0.15) is 72.3 Å². The van der Waals surface area contributed by atoms with E-state index >= 15 is 0 Å². The molecule has 0 saturated carbocycles. The number of hydrogen-bond donors (Lipinski definition) is 5. The fourth-order valence-corrected chi connectivity index (χ4v) is 5.64. The highest BCUT2D eigenvalue weighted by Crippen LogP contribution is 2.31. The standard InChI is InChI=1S/C33H50F2N4O7/c1-6-10-23(25(40)18-36-24(33(45)46)17-21-11-8-7-9-12-21)37-30(42)28-22(13-14-26(34)35)15-16-39(28)32(44)27(19(2)3)38-31(43)29(41)20(4)5/h7-9,11-12,19-20,22-24,26-29,36,41H,6,10,13-18H2,1-5H3,(H,37,42)(H,38,43)(H,45,46)/t22?,23?,24-,27-,28-,29-/m0/s1. The average molecular weight is 653 g/mol. The van der Waals surface area contributed by atoms with Gasteiger partial charge in [-0.25, -0.2) is 8.78 Å². The molecule has 0 aliphatic carbocycles. The van der Waals surface area contributed by atoms with Crippen LogP contribution in [-0.2, 0) is 30.4 Å². The molecule has 2 rings (SSSR count). The molecule has 11 nitrogen and oxygen atoms in total. The number of carboxylic acid groups (broad SMARTS) is 1. The van der Waals surface area contributed by atoms with Crippen molar-refractivity contribution in [2.45, 2.75) is 110 Å². The minimum Gasteiger partial charge on any atom is -0.480 e. The SMILES string of the molecule is CCCC(NC(=O)[C@@H]1C(CCC(F)F)CCN1C(=O)[C@@H](NC(=O)[C@@H](O)C(C)C)C(C)C)C(=O)CN[C@@H](Cc1ccccc1)C(=O)O. The summed E-state index contributed by atoms with van der Waals surface area (Å²) in [6, 6.07) is 4.62. The summed E-state index contributed by atoms with van der Waals surface area (Å²) < 4.78 is 26.4. The molecule has 1 aromatic carbocycles. The number of carboxylic acids is 1. The van der Waals surface area contributed by atoms with Crippen molar-refractivity contribution < 1.29 is 43.0 Å². The molecule has 0 spiro atoms. The number of nitrogens with one attached hydrogen (secondary N) is 3. The second-order valence-electron chi connectivity index (χ2n) is 12.7. The lowest BCUT2D eigenvalue weighted by Gasteiger charge is -2.33. The molecular formula is C33H50F2N4O7. The van der Waals surface area contributed by atoms with E-state index in [9.17, 15) is 43.0 Å². The number of carbonyl (C=O) groups is 5. The van der Waals surface area contributed by atoms with E-state index in [-0.39, 0.29) is 38.8 Å². The number of ketones is 1. The number of Topliss-reactive ketones (excluding diaryl/α,β-unsaturated/α-hetero) is 1. The second kappa shape index (κ2) is 18.6. The molecule has 5 N–H and O–H groups in total. The predicted molar refractivity (Wildman–Crippen MR) is 168 cm³/mol. The molecule has 0 aromatic heterocycles. The maximum absolute atomic E-state index is 13.8. The molecule has 13 heteroatoms. The van der Waals surface area contributed by atoms with E-state index in [1.54, 1.807) is 52.0 Å². The zero-order valence-corrected chi connectivity index (χ0v) is 27.4. The van der Waals surface area contributed by atoms with Crippen molar-refractivity contribution in [2.24, 2.45) is 17.8 Å². The molecule has 258 valence electrons. The highest BCUT2D eigenvalue weighted by atomic mass is 19.3. The maximum Gasteiger partial charge on any atom is 0.321 e. The molecule has 3 amide bonds. The van der Waals surface area contributed by atoms with E-state index < -0.39 is 90.3 Å². The third-order valence-electron chi connectivity index (χ3n) is 8.35. The highest BCUT2D eigenvalue weighted by molar-refractivity contribution is 5.96. The molecule has 2 unspecified atom stereocenters. The Labute approximate surface area is 269 Å². The van der Waals surface area contributed by atoms with Crippen molar-refractivity contribution in [3.8, 4) is 0 Å². The highest BCUT2D eigenvalue weighted by Gasteiger charge is 2.45. The van der Waals surface area contributed by atoms with Crippen molar-refractivity contribution >= 4 is 29.5 Å². The number of aliphatic hydroxyl groups is 1. The Bertz CT molecular complexity index is 1170. The Balaban J connectivity index is 2.25. The summed E-state index contributed by atoms with van der Waals surface area (Å²) in [7, 11) is 0. The van der Waals surface area contributed by atoms with Crippen LogP contribution in [0.4, 0.5) is 8.78 Å². The first kappa shape index (κ1) is 38.7. The van der Waals surface area contributed by atoms with Gasteiger partial charge in [-0.1, -0.05) is 71.4 Å². The van der Waals surface area contributed by atoms with Gasteiger partial charge < -0.3 is 25.7 Å². The summed E-state index contributed by atoms with van der Waals surface area (Å²) in [5.74, 6) is -5.01. The Hall–Kier alpha value is -3.45. The van der Waals surface area contributed by atoms with Crippen LogP contribution in [0.2, 0.25) is 0 Å². The van der Waals surface area contributed by atoms with E-state index in [4.69, 9.17) is 0 Å². The van der Waals surface area contributed by atoms with Crippen molar-refractivity contribution in [3.63, 3.8) is 0 Å². The number of halogens is 2. The summed E-state index contributed by atoms with van der Waals surface area (Å²) in [4.78, 5) is 66.7. The van der Waals surface area contributed by atoms with Gasteiger partial charge in [0.05, 0.1) is 12.6 Å². The number of hydrogen-bond acceptors (Lipinski definition) is 7. The van der Waals surface area contributed by atoms with Crippen LogP contribution in [0, 0.1) is 17.8 Å². The smallest absolute Gasteiger partial charge is 0.321 e.